The minimum absolute atomic E-state index is 0.151. The van der Waals surface area contributed by atoms with Crippen LogP contribution >= 0.6 is 0 Å². The second-order valence-electron chi connectivity index (χ2n) is 11.2. The van der Waals surface area contributed by atoms with E-state index in [2.05, 4.69) is 32.7 Å². The number of aromatic carboxylic acids is 1. The number of pyridine rings is 2. The predicted octanol–water partition coefficient (Wildman–Crippen LogP) is 5.43. The number of likely N-dealkylation sites (tertiary alicyclic amines) is 1. The smallest absolute Gasteiger partial charge is 0.335 e. The molecule has 7 rings (SSSR count). The van der Waals surface area contributed by atoms with Crippen LogP contribution in [-0.2, 0) is 24.4 Å². The number of imidazole rings is 1. The standard InChI is InChI=1S/C33H33N5O4/c39-33(40)23-9-10-29-30(18-23)38(19-25-13-17-41-25)31(35-29)20-37-15-11-22(12-16-37)27-6-2-8-32(36-27)42-21-24-4-1-7-28-26(24)5-3-14-34-28/h1-10,14,18,22,25H,11-13,15-17,19-21H2,(H,39,40)/t25-/m0/s1. The molecule has 0 spiro atoms. The molecular formula is C33H33N5O4. The van der Waals surface area contributed by atoms with Crippen LogP contribution in [0.25, 0.3) is 21.9 Å². The van der Waals surface area contributed by atoms with Crippen LogP contribution in [0.1, 0.15) is 52.6 Å². The molecule has 0 bridgehead atoms. The van der Waals surface area contributed by atoms with Gasteiger partial charge in [-0.25, -0.2) is 14.8 Å². The monoisotopic (exact) mass is 563 g/mol. The topological polar surface area (TPSA) is 103 Å². The van der Waals surface area contributed by atoms with Crippen LogP contribution in [0.4, 0.5) is 0 Å². The quantitative estimate of drug-likeness (QED) is 0.254. The maximum Gasteiger partial charge on any atom is 0.335 e. The van der Waals surface area contributed by atoms with Gasteiger partial charge in [0.15, 0.2) is 0 Å². The first-order valence-electron chi connectivity index (χ1n) is 14.6. The van der Waals surface area contributed by atoms with E-state index in [0.29, 0.717) is 31.5 Å². The van der Waals surface area contributed by atoms with E-state index in [-0.39, 0.29) is 11.7 Å². The van der Waals surface area contributed by atoms with Crippen molar-refractivity contribution < 1.29 is 19.4 Å². The van der Waals surface area contributed by atoms with E-state index in [0.717, 1.165) is 78.0 Å². The molecule has 9 heteroatoms. The Balaban J connectivity index is 1.01. The molecule has 3 aromatic heterocycles. The average molecular weight is 564 g/mol. The van der Waals surface area contributed by atoms with Gasteiger partial charge in [0.05, 0.1) is 41.3 Å². The molecule has 0 radical (unpaired) electrons. The van der Waals surface area contributed by atoms with E-state index in [4.69, 9.17) is 19.4 Å². The van der Waals surface area contributed by atoms with E-state index in [9.17, 15) is 9.90 Å². The highest BCUT2D eigenvalue weighted by Gasteiger charge is 2.26. The van der Waals surface area contributed by atoms with Gasteiger partial charge in [-0.2, -0.15) is 0 Å². The number of benzene rings is 2. The SMILES string of the molecule is O=C(O)c1ccc2nc(CN3CCC(c4cccc(OCc5cccc6ncccc56)n4)CC3)n(C[C@@H]3CCO3)c2c1. The van der Waals surface area contributed by atoms with E-state index >= 15 is 0 Å². The molecule has 1 atom stereocenters. The number of rotatable bonds is 9. The fourth-order valence-corrected chi connectivity index (χ4v) is 6.03. The van der Waals surface area contributed by atoms with Gasteiger partial charge in [0, 0.05) is 35.9 Å². The molecule has 42 heavy (non-hydrogen) atoms. The van der Waals surface area contributed by atoms with Crippen LogP contribution in [0.2, 0.25) is 0 Å². The highest BCUT2D eigenvalue weighted by atomic mass is 16.5. The zero-order valence-electron chi connectivity index (χ0n) is 23.4. The summed E-state index contributed by atoms with van der Waals surface area (Å²) in [4.78, 5) is 28.3. The van der Waals surface area contributed by atoms with E-state index < -0.39 is 5.97 Å². The van der Waals surface area contributed by atoms with Crippen molar-refractivity contribution in [2.75, 3.05) is 19.7 Å². The molecule has 1 N–H and O–H groups in total. The Hall–Kier alpha value is -4.34. The van der Waals surface area contributed by atoms with Crippen molar-refractivity contribution in [3.05, 3.63) is 95.6 Å². The summed E-state index contributed by atoms with van der Waals surface area (Å²) in [5.41, 5.74) is 5.08. The summed E-state index contributed by atoms with van der Waals surface area (Å²) in [6, 6.07) is 21.3. The lowest BCUT2D eigenvalue weighted by atomic mass is 9.93. The summed E-state index contributed by atoms with van der Waals surface area (Å²) in [6.45, 7) is 4.50. The van der Waals surface area contributed by atoms with Gasteiger partial charge in [0.2, 0.25) is 5.88 Å². The molecule has 2 saturated heterocycles. The number of fused-ring (bicyclic) bond motifs is 2. The molecule has 5 aromatic rings. The molecule has 0 aliphatic carbocycles. The minimum Gasteiger partial charge on any atom is -0.478 e. The number of hydrogen-bond acceptors (Lipinski definition) is 7. The summed E-state index contributed by atoms with van der Waals surface area (Å²) in [5, 5.41) is 10.6. The van der Waals surface area contributed by atoms with E-state index in [1.807, 2.05) is 36.4 Å². The van der Waals surface area contributed by atoms with Crippen LogP contribution in [-0.4, -0.2) is 61.3 Å². The largest absolute Gasteiger partial charge is 0.478 e. The third kappa shape index (κ3) is 5.45. The van der Waals surface area contributed by atoms with Gasteiger partial charge in [-0.15, -0.1) is 0 Å². The molecule has 0 amide bonds. The summed E-state index contributed by atoms with van der Waals surface area (Å²) in [5.74, 6) is 1.04. The number of aromatic nitrogens is 4. The summed E-state index contributed by atoms with van der Waals surface area (Å²) in [6.07, 6.45) is 4.97. The highest BCUT2D eigenvalue weighted by Crippen LogP contribution is 2.30. The Morgan fingerprint density at radius 1 is 0.976 bits per heavy atom. The molecule has 0 unspecified atom stereocenters. The summed E-state index contributed by atoms with van der Waals surface area (Å²) in [7, 11) is 0. The Kier molecular flexibility index (Phi) is 7.27. The van der Waals surface area contributed by atoms with Gasteiger partial charge in [-0.05, 0) is 74.3 Å². The lowest BCUT2D eigenvalue weighted by Crippen LogP contribution is -2.35. The minimum atomic E-state index is -0.929. The van der Waals surface area contributed by atoms with Gasteiger partial charge in [0.25, 0.3) is 0 Å². The Morgan fingerprint density at radius 3 is 2.64 bits per heavy atom. The predicted molar refractivity (Wildman–Crippen MR) is 159 cm³/mol. The lowest BCUT2D eigenvalue weighted by Gasteiger charge is -2.32. The number of carboxylic acids is 1. The van der Waals surface area contributed by atoms with Crippen LogP contribution < -0.4 is 4.74 Å². The summed E-state index contributed by atoms with van der Waals surface area (Å²) >= 11 is 0. The maximum atomic E-state index is 11.6. The second-order valence-corrected chi connectivity index (χ2v) is 11.2. The normalized spacial score (nSPS) is 17.9. The van der Waals surface area contributed by atoms with Crippen molar-refractivity contribution in [3.8, 4) is 5.88 Å². The maximum absolute atomic E-state index is 11.6. The number of piperidine rings is 1. The number of carboxylic acid groups (broad SMARTS) is 1. The fourth-order valence-electron chi connectivity index (χ4n) is 6.03. The van der Waals surface area contributed by atoms with Crippen molar-refractivity contribution in [2.45, 2.75) is 51.0 Å². The van der Waals surface area contributed by atoms with Crippen molar-refractivity contribution in [1.29, 1.82) is 0 Å². The molecule has 2 fully saturated rings. The van der Waals surface area contributed by atoms with Gasteiger partial charge >= 0.3 is 5.97 Å². The zero-order chi connectivity index (χ0) is 28.5. The first-order chi connectivity index (χ1) is 20.6. The molecule has 9 nitrogen and oxygen atoms in total. The summed E-state index contributed by atoms with van der Waals surface area (Å²) < 4.78 is 14.0. The van der Waals surface area contributed by atoms with Crippen molar-refractivity contribution in [2.24, 2.45) is 0 Å². The highest BCUT2D eigenvalue weighted by molar-refractivity contribution is 5.92. The third-order valence-corrected chi connectivity index (χ3v) is 8.48. The third-order valence-electron chi connectivity index (χ3n) is 8.48. The zero-order valence-corrected chi connectivity index (χ0v) is 23.4. The molecule has 5 heterocycles. The number of nitrogens with zero attached hydrogens (tertiary/aromatic N) is 5. The Bertz CT molecular complexity index is 1730. The van der Waals surface area contributed by atoms with Crippen LogP contribution in [0, 0.1) is 0 Å². The number of hydrogen-bond donors (Lipinski definition) is 1. The molecule has 214 valence electrons. The van der Waals surface area contributed by atoms with Crippen molar-refractivity contribution >= 4 is 27.9 Å². The van der Waals surface area contributed by atoms with Gasteiger partial charge in [-0.3, -0.25) is 9.88 Å². The number of ether oxygens (including phenoxy) is 2. The van der Waals surface area contributed by atoms with Crippen molar-refractivity contribution in [1.82, 2.24) is 24.4 Å². The van der Waals surface area contributed by atoms with Crippen LogP contribution in [0.15, 0.2) is 72.9 Å². The second kappa shape index (κ2) is 11.5. The molecule has 2 aromatic carbocycles. The van der Waals surface area contributed by atoms with Gasteiger partial charge in [0.1, 0.15) is 12.4 Å². The average Bonchev–Trinajstić information content (AvgIpc) is 3.34. The Morgan fingerprint density at radius 2 is 1.83 bits per heavy atom. The molecular weight excluding hydrogens is 530 g/mol. The first-order valence-corrected chi connectivity index (χ1v) is 14.6. The van der Waals surface area contributed by atoms with Crippen LogP contribution in [0.3, 0.4) is 0 Å². The van der Waals surface area contributed by atoms with E-state index in [1.165, 1.54) is 0 Å². The van der Waals surface area contributed by atoms with Crippen molar-refractivity contribution in [3.63, 3.8) is 0 Å². The first kappa shape index (κ1) is 26.6. The van der Waals surface area contributed by atoms with E-state index in [1.54, 1.807) is 18.3 Å². The van der Waals surface area contributed by atoms with Gasteiger partial charge in [-0.1, -0.05) is 24.3 Å². The Labute approximate surface area is 243 Å². The molecule has 2 aliphatic rings. The fraction of sp³-hybridized carbons (Fsp3) is 0.333. The van der Waals surface area contributed by atoms with Crippen LogP contribution in [0.5, 0.6) is 5.88 Å². The lowest BCUT2D eigenvalue weighted by molar-refractivity contribution is -0.0592. The molecule has 2 aliphatic heterocycles. The van der Waals surface area contributed by atoms with Gasteiger partial charge < -0.3 is 19.1 Å². The molecule has 0 saturated carbocycles. The number of carbonyl (C=O) groups is 1.